The van der Waals surface area contributed by atoms with Crippen molar-refractivity contribution < 1.29 is 13.2 Å². The van der Waals surface area contributed by atoms with Gasteiger partial charge in [0.15, 0.2) is 0 Å². The fourth-order valence-electron chi connectivity index (χ4n) is 3.35. The molecule has 1 aliphatic rings. The Morgan fingerprint density at radius 2 is 1.78 bits per heavy atom. The Balaban J connectivity index is 1.74. The number of carbonyl (C=O) groups is 1. The highest BCUT2D eigenvalue weighted by Gasteiger charge is 2.32. The van der Waals surface area contributed by atoms with E-state index in [1.807, 2.05) is 6.92 Å². The summed E-state index contributed by atoms with van der Waals surface area (Å²) in [6.07, 6.45) is 3.71. The van der Waals surface area contributed by atoms with Gasteiger partial charge in [0.2, 0.25) is 10.0 Å². The molecule has 1 unspecified atom stereocenters. The van der Waals surface area contributed by atoms with Gasteiger partial charge in [-0.3, -0.25) is 4.79 Å². The van der Waals surface area contributed by atoms with Gasteiger partial charge in [0, 0.05) is 28.3 Å². The van der Waals surface area contributed by atoms with Crippen LogP contribution < -0.4 is 5.32 Å². The van der Waals surface area contributed by atoms with Gasteiger partial charge in [0.25, 0.3) is 5.91 Å². The van der Waals surface area contributed by atoms with E-state index in [1.165, 1.54) is 0 Å². The van der Waals surface area contributed by atoms with Gasteiger partial charge in [-0.1, -0.05) is 29.3 Å². The van der Waals surface area contributed by atoms with Crippen molar-refractivity contribution in [2.75, 3.05) is 11.9 Å². The molecule has 0 aromatic heterocycles. The second-order valence-electron chi connectivity index (χ2n) is 6.66. The number of rotatable bonds is 5. The van der Waals surface area contributed by atoms with Crippen LogP contribution in [0.5, 0.6) is 0 Å². The molecule has 1 atom stereocenters. The zero-order valence-corrected chi connectivity index (χ0v) is 17.6. The second-order valence-corrected chi connectivity index (χ2v) is 9.47. The van der Waals surface area contributed by atoms with Crippen molar-refractivity contribution >= 4 is 37.5 Å². The first kappa shape index (κ1) is 20.0. The normalized spacial score (nSPS) is 18.2. The predicted molar refractivity (Wildman–Crippen MR) is 110 cm³/mol. The van der Waals surface area contributed by atoms with Crippen LogP contribution in [0.15, 0.2) is 57.9 Å². The highest BCUT2D eigenvalue weighted by atomic mass is 79.9. The Bertz CT molecular complexity index is 896. The molecule has 7 heteroatoms. The summed E-state index contributed by atoms with van der Waals surface area (Å²) in [7, 11) is -3.51. The van der Waals surface area contributed by atoms with E-state index in [0.29, 0.717) is 17.8 Å². The SMILES string of the molecule is CCC1CCCCN1S(=O)(=O)c1ccc(NC(=O)c2ccc(Br)cc2)cc1. The van der Waals surface area contributed by atoms with Gasteiger partial charge >= 0.3 is 0 Å². The lowest BCUT2D eigenvalue weighted by Gasteiger charge is -2.34. The summed E-state index contributed by atoms with van der Waals surface area (Å²) in [6, 6.07) is 13.5. The fraction of sp³-hybridized carbons (Fsp3) is 0.350. The molecule has 3 rings (SSSR count). The first-order valence-corrected chi connectivity index (χ1v) is 11.3. The minimum Gasteiger partial charge on any atom is -0.322 e. The van der Waals surface area contributed by atoms with Crippen molar-refractivity contribution in [2.45, 2.75) is 43.5 Å². The van der Waals surface area contributed by atoms with Gasteiger partial charge in [-0.25, -0.2) is 8.42 Å². The van der Waals surface area contributed by atoms with Gasteiger partial charge < -0.3 is 5.32 Å². The van der Waals surface area contributed by atoms with E-state index in [-0.39, 0.29) is 16.8 Å². The third-order valence-electron chi connectivity index (χ3n) is 4.87. The van der Waals surface area contributed by atoms with Crippen LogP contribution in [-0.4, -0.2) is 31.2 Å². The molecule has 1 saturated heterocycles. The Morgan fingerprint density at radius 1 is 1.11 bits per heavy atom. The van der Waals surface area contributed by atoms with E-state index < -0.39 is 10.0 Å². The molecular weight excluding hydrogens is 428 g/mol. The first-order valence-electron chi connectivity index (χ1n) is 9.10. The lowest BCUT2D eigenvalue weighted by molar-refractivity contribution is 0.102. The Labute approximate surface area is 169 Å². The topological polar surface area (TPSA) is 66.5 Å². The number of sulfonamides is 1. The standard InChI is InChI=1S/C20H23BrN2O3S/c1-2-18-5-3-4-14-23(18)27(25,26)19-12-10-17(11-13-19)22-20(24)15-6-8-16(21)9-7-15/h6-13,18H,2-5,14H2,1H3,(H,22,24). The smallest absolute Gasteiger partial charge is 0.255 e. The van der Waals surface area contributed by atoms with Crippen LogP contribution in [0, 0.1) is 0 Å². The lowest BCUT2D eigenvalue weighted by Crippen LogP contribution is -2.43. The van der Waals surface area contributed by atoms with E-state index >= 15 is 0 Å². The third kappa shape index (κ3) is 4.59. The van der Waals surface area contributed by atoms with Crippen LogP contribution >= 0.6 is 15.9 Å². The van der Waals surface area contributed by atoms with Crippen LogP contribution in [-0.2, 0) is 10.0 Å². The van der Waals surface area contributed by atoms with Crippen LogP contribution in [0.2, 0.25) is 0 Å². The predicted octanol–water partition coefficient (Wildman–Crippen LogP) is 4.65. The number of nitrogens with one attached hydrogen (secondary N) is 1. The summed E-state index contributed by atoms with van der Waals surface area (Å²) in [4.78, 5) is 12.6. The summed E-state index contributed by atoms with van der Waals surface area (Å²) < 4.78 is 28.5. The minimum absolute atomic E-state index is 0.0699. The number of halogens is 1. The molecule has 1 amide bonds. The molecular formula is C20H23BrN2O3S. The van der Waals surface area contributed by atoms with Crippen molar-refractivity contribution in [1.82, 2.24) is 4.31 Å². The summed E-state index contributed by atoms with van der Waals surface area (Å²) in [5, 5.41) is 2.79. The minimum atomic E-state index is -3.51. The number of anilines is 1. The molecule has 1 aliphatic heterocycles. The molecule has 1 fully saturated rings. The monoisotopic (exact) mass is 450 g/mol. The van der Waals surface area contributed by atoms with Gasteiger partial charge in [-0.15, -0.1) is 0 Å². The van der Waals surface area contributed by atoms with Crippen molar-refractivity contribution in [3.05, 3.63) is 58.6 Å². The number of nitrogens with zero attached hydrogens (tertiary/aromatic N) is 1. The van der Waals surface area contributed by atoms with E-state index in [4.69, 9.17) is 0 Å². The molecule has 2 aromatic rings. The Hall–Kier alpha value is -1.70. The first-order chi connectivity index (χ1) is 12.9. The second kappa shape index (κ2) is 8.54. The van der Waals surface area contributed by atoms with Crippen LogP contribution in [0.1, 0.15) is 43.0 Å². The highest BCUT2D eigenvalue weighted by Crippen LogP contribution is 2.27. The molecule has 2 aromatic carbocycles. The molecule has 1 heterocycles. The summed E-state index contributed by atoms with van der Waals surface area (Å²) in [6.45, 7) is 2.60. The van der Waals surface area contributed by atoms with Crippen molar-refractivity contribution in [3.63, 3.8) is 0 Å². The van der Waals surface area contributed by atoms with Crippen LogP contribution in [0.25, 0.3) is 0 Å². The van der Waals surface area contributed by atoms with Gasteiger partial charge in [-0.2, -0.15) is 4.31 Å². The average Bonchev–Trinajstić information content (AvgIpc) is 2.69. The maximum absolute atomic E-state index is 13.0. The van der Waals surface area contributed by atoms with E-state index in [9.17, 15) is 13.2 Å². The summed E-state index contributed by atoms with van der Waals surface area (Å²) in [5.74, 6) is -0.236. The number of carbonyl (C=O) groups excluding carboxylic acids is 1. The fourth-order valence-corrected chi connectivity index (χ4v) is 5.38. The zero-order chi connectivity index (χ0) is 19.4. The highest BCUT2D eigenvalue weighted by molar-refractivity contribution is 9.10. The number of piperidine rings is 1. The molecule has 0 bridgehead atoms. The average molecular weight is 451 g/mol. The van der Waals surface area contributed by atoms with Crippen molar-refractivity contribution in [1.29, 1.82) is 0 Å². The Morgan fingerprint density at radius 3 is 2.41 bits per heavy atom. The molecule has 144 valence electrons. The van der Waals surface area contributed by atoms with Crippen LogP contribution in [0.4, 0.5) is 5.69 Å². The number of benzene rings is 2. The summed E-state index contributed by atoms with van der Waals surface area (Å²) >= 11 is 3.34. The molecule has 0 radical (unpaired) electrons. The molecule has 0 aliphatic carbocycles. The van der Waals surface area contributed by atoms with Gasteiger partial charge in [-0.05, 0) is 67.8 Å². The van der Waals surface area contributed by atoms with Gasteiger partial charge in [0.05, 0.1) is 4.90 Å². The quantitative estimate of drug-likeness (QED) is 0.720. The zero-order valence-electron chi connectivity index (χ0n) is 15.2. The van der Waals surface area contributed by atoms with E-state index in [0.717, 1.165) is 30.2 Å². The number of hydrogen-bond donors (Lipinski definition) is 1. The number of hydrogen-bond acceptors (Lipinski definition) is 3. The molecule has 0 saturated carbocycles. The maximum Gasteiger partial charge on any atom is 0.255 e. The molecule has 0 spiro atoms. The van der Waals surface area contributed by atoms with E-state index in [1.54, 1.807) is 52.8 Å². The molecule has 27 heavy (non-hydrogen) atoms. The third-order valence-corrected chi connectivity index (χ3v) is 7.36. The molecule has 1 N–H and O–H groups in total. The maximum atomic E-state index is 13.0. The van der Waals surface area contributed by atoms with Gasteiger partial charge in [0.1, 0.15) is 0 Å². The molecule has 5 nitrogen and oxygen atoms in total. The Kier molecular flexibility index (Phi) is 6.34. The lowest BCUT2D eigenvalue weighted by atomic mass is 10.0. The largest absolute Gasteiger partial charge is 0.322 e. The van der Waals surface area contributed by atoms with Crippen molar-refractivity contribution in [2.24, 2.45) is 0 Å². The number of amides is 1. The van der Waals surface area contributed by atoms with Crippen LogP contribution in [0.3, 0.4) is 0 Å². The van der Waals surface area contributed by atoms with Crippen molar-refractivity contribution in [3.8, 4) is 0 Å². The summed E-state index contributed by atoms with van der Waals surface area (Å²) in [5.41, 5.74) is 1.10. The van der Waals surface area contributed by atoms with E-state index in [2.05, 4.69) is 21.2 Å².